The molecule has 0 N–H and O–H groups in total. The van der Waals surface area contributed by atoms with Crippen molar-refractivity contribution in [3.63, 3.8) is 0 Å². The molecule has 6 nitrogen and oxygen atoms in total. The van der Waals surface area contributed by atoms with E-state index in [1.807, 2.05) is 24.3 Å². The third-order valence-electron chi connectivity index (χ3n) is 5.42. The summed E-state index contributed by atoms with van der Waals surface area (Å²) in [5.41, 5.74) is 3.47. The van der Waals surface area contributed by atoms with E-state index in [4.69, 9.17) is 14.2 Å². The van der Waals surface area contributed by atoms with Gasteiger partial charge >= 0.3 is 11.9 Å². The van der Waals surface area contributed by atoms with Crippen molar-refractivity contribution in [2.24, 2.45) is 13.0 Å². The molecule has 0 fully saturated rings. The molecule has 0 aliphatic rings. The lowest BCUT2D eigenvalue weighted by molar-refractivity contribution is -0.158. The van der Waals surface area contributed by atoms with E-state index in [9.17, 15) is 9.59 Å². The predicted octanol–water partition coefficient (Wildman–Crippen LogP) is 4.08. The summed E-state index contributed by atoms with van der Waals surface area (Å²) in [5, 5.41) is 1.32. The largest absolute Gasteiger partial charge is 0.494 e. The lowest BCUT2D eigenvalue weighted by atomic mass is 9.99. The first kappa shape index (κ1) is 22.4. The molecule has 2 aromatic carbocycles. The first-order valence-corrected chi connectivity index (χ1v) is 10.4. The standard InChI is InChI=1S/C25H29NO5/c1-26-17-19(21-9-4-5-10-23(21)26)8-6-7-15-31-20-13-11-18(12-14-20)16-22(24(27)29-2)25(28)30-3/h4-5,9-14,17,22H,6-8,15-16H2,1-3H3. The summed E-state index contributed by atoms with van der Waals surface area (Å²) in [5.74, 6) is -1.39. The Morgan fingerprint density at radius 2 is 1.61 bits per heavy atom. The number of carbonyl (C=O) groups is 2. The minimum atomic E-state index is -0.962. The molecule has 0 aliphatic heterocycles. The maximum absolute atomic E-state index is 11.8. The summed E-state index contributed by atoms with van der Waals surface area (Å²) in [7, 11) is 4.60. The molecule has 0 amide bonds. The first-order chi connectivity index (χ1) is 15.0. The maximum atomic E-state index is 11.8. The number of aryl methyl sites for hydroxylation is 2. The SMILES string of the molecule is COC(=O)C(Cc1ccc(OCCCCc2cn(C)c3ccccc23)cc1)C(=O)OC. The van der Waals surface area contributed by atoms with Crippen LogP contribution in [0.4, 0.5) is 0 Å². The zero-order chi connectivity index (χ0) is 22.2. The summed E-state index contributed by atoms with van der Waals surface area (Å²) in [6, 6.07) is 15.9. The van der Waals surface area contributed by atoms with Crippen molar-refractivity contribution >= 4 is 22.8 Å². The Morgan fingerprint density at radius 1 is 0.935 bits per heavy atom. The Bertz CT molecular complexity index is 1010. The zero-order valence-electron chi connectivity index (χ0n) is 18.3. The fraction of sp³-hybridized carbons (Fsp3) is 0.360. The molecule has 1 heterocycles. The van der Waals surface area contributed by atoms with Crippen LogP contribution in [0.1, 0.15) is 24.0 Å². The number of hydrogen-bond donors (Lipinski definition) is 0. The van der Waals surface area contributed by atoms with Gasteiger partial charge in [0.15, 0.2) is 5.92 Å². The van der Waals surface area contributed by atoms with Gasteiger partial charge in [0.25, 0.3) is 0 Å². The van der Waals surface area contributed by atoms with Crippen molar-refractivity contribution in [3.8, 4) is 5.75 Å². The third-order valence-corrected chi connectivity index (χ3v) is 5.42. The molecule has 0 radical (unpaired) electrons. The van der Waals surface area contributed by atoms with Gasteiger partial charge in [-0.1, -0.05) is 30.3 Å². The zero-order valence-corrected chi connectivity index (χ0v) is 18.3. The Morgan fingerprint density at radius 3 is 2.29 bits per heavy atom. The number of nitrogens with zero attached hydrogens (tertiary/aromatic N) is 1. The van der Waals surface area contributed by atoms with Gasteiger partial charge in [-0.25, -0.2) is 0 Å². The van der Waals surface area contributed by atoms with E-state index in [0.29, 0.717) is 6.61 Å². The quantitative estimate of drug-likeness (QED) is 0.279. The molecule has 0 aliphatic carbocycles. The Hall–Kier alpha value is -3.28. The van der Waals surface area contributed by atoms with Gasteiger partial charge in [-0.15, -0.1) is 0 Å². The topological polar surface area (TPSA) is 66.8 Å². The second kappa shape index (κ2) is 10.7. The van der Waals surface area contributed by atoms with Crippen molar-refractivity contribution in [3.05, 3.63) is 65.9 Å². The first-order valence-electron chi connectivity index (χ1n) is 10.4. The lowest BCUT2D eigenvalue weighted by Crippen LogP contribution is -2.28. The maximum Gasteiger partial charge on any atom is 0.320 e. The number of hydrogen-bond acceptors (Lipinski definition) is 5. The Balaban J connectivity index is 1.46. The van der Waals surface area contributed by atoms with Crippen LogP contribution in [-0.4, -0.2) is 37.3 Å². The van der Waals surface area contributed by atoms with Crippen molar-refractivity contribution in [2.45, 2.75) is 25.7 Å². The van der Waals surface area contributed by atoms with Gasteiger partial charge in [0.1, 0.15) is 5.75 Å². The number of fused-ring (bicyclic) bond motifs is 1. The van der Waals surface area contributed by atoms with Crippen molar-refractivity contribution in [2.75, 3.05) is 20.8 Å². The average molecular weight is 424 g/mol. The molecular formula is C25H29NO5. The van der Waals surface area contributed by atoms with Crippen molar-refractivity contribution < 1.29 is 23.8 Å². The average Bonchev–Trinajstić information content (AvgIpc) is 3.12. The van der Waals surface area contributed by atoms with Crippen LogP contribution in [0.2, 0.25) is 0 Å². The number of aromatic nitrogens is 1. The molecular weight excluding hydrogens is 394 g/mol. The summed E-state index contributed by atoms with van der Waals surface area (Å²) in [6.45, 7) is 0.636. The van der Waals surface area contributed by atoms with E-state index < -0.39 is 17.9 Å². The number of benzene rings is 2. The van der Waals surface area contributed by atoms with Crippen LogP contribution < -0.4 is 4.74 Å². The highest BCUT2D eigenvalue weighted by Gasteiger charge is 2.28. The molecule has 3 rings (SSSR count). The summed E-state index contributed by atoms with van der Waals surface area (Å²) < 4.78 is 17.4. The van der Waals surface area contributed by atoms with E-state index in [0.717, 1.165) is 30.6 Å². The summed E-state index contributed by atoms with van der Waals surface area (Å²) in [6.07, 6.45) is 5.46. The number of para-hydroxylation sites is 1. The number of unbranched alkanes of at least 4 members (excludes halogenated alkanes) is 1. The monoisotopic (exact) mass is 423 g/mol. The molecule has 1 aromatic heterocycles. The fourth-order valence-electron chi connectivity index (χ4n) is 3.74. The second-order valence-electron chi connectivity index (χ2n) is 7.53. The van der Waals surface area contributed by atoms with Crippen LogP contribution in [0, 0.1) is 5.92 Å². The molecule has 164 valence electrons. The van der Waals surface area contributed by atoms with Gasteiger partial charge in [0, 0.05) is 24.1 Å². The molecule has 0 saturated carbocycles. The van der Waals surface area contributed by atoms with E-state index in [1.165, 1.54) is 30.7 Å². The lowest BCUT2D eigenvalue weighted by Gasteiger charge is -2.13. The molecule has 0 bridgehead atoms. The number of methoxy groups -OCH3 is 2. The predicted molar refractivity (Wildman–Crippen MR) is 119 cm³/mol. The van der Waals surface area contributed by atoms with Crippen molar-refractivity contribution in [1.29, 1.82) is 0 Å². The highest BCUT2D eigenvalue weighted by Crippen LogP contribution is 2.22. The number of rotatable bonds is 10. The molecule has 31 heavy (non-hydrogen) atoms. The minimum absolute atomic E-state index is 0.227. The molecule has 0 unspecified atom stereocenters. The Kier molecular flexibility index (Phi) is 7.70. The second-order valence-corrected chi connectivity index (χ2v) is 7.53. The van der Waals surface area contributed by atoms with E-state index in [2.05, 4.69) is 42.1 Å². The van der Waals surface area contributed by atoms with Gasteiger partial charge in [-0.05, 0) is 55.0 Å². The van der Waals surface area contributed by atoms with Crippen LogP contribution in [0.15, 0.2) is 54.7 Å². The minimum Gasteiger partial charge on any atom is -0.494 e. The van der Waals surface area contributed by atoms with Gasteiger partial charge in [0.05, 0.1) is 20.8 Å². The smallest absolute Gasteiger partial charge is 0.320 e. The van der Waals surface area contributed by atoms with Gasteiger partial charge in [-0.3, -0.25) is 9.59 Å². The van der Waals surface area contributed by atoms with Crippen LogP contribution in [0.25, 0.3) is 10.9 Å². The summed E-state index contributed by atoms with van der Waals surface area (Å²) in [4.78, 5) is 23.6. The Labute approximate surface area is 182 Å². The van der Waals surface area contributed by atoms with Crippen molar-refractivity contribution in [1.82, 2.24) is 4.57 Å². The number of carbonyl (C=O) groups excluding carboxylic acids is 2. The van der Waals surface area contributed by atoms with Crippen LogP contribution in [0.5, 0.6) is 5.75 Å². The van der Waals surface area contributed by atoms with Crippen LogP contribution in [-0.2, 0) is 39.0 Å². The molecule has 0 saturated heterocycles. The van der Waals surface area contributed by atoms with Crippen LogP contribution >= 0.6 is 0 Å². The number of esters is 2. The number of ether oxygens (including phenoxy) is 3. The normalized spacial score (nSPS) is 11.0. The van der Waals surface area contributed by atoms with E-state index in [1.54, 1.807) is 0 Å². The fourth-order valence-corrected chi connectivity index (χ4v) is 3.74. The van der Waals surface area contributed by atoms with Crippen LogP contribution in [0.3, 0.4) is 0 Å². The van der Waals surface area contributed by atoms with Gasteiger partial charge < -0.3 is 18.8 Å². The molecule has 3 aromatic rings. The molecule has 0 atom stereocenters. The molecule has 6 heteroatoms. The van der Waals surface area contributed by atoms with Gasteiger partial charge in [0.2, 0.25) is 0 Å². The van der Waals surface area contributed by atoms with E-state index >= 15 is 0 Å². The van der Waals surface area contributed by atoms with E-state index in [-0.39, 0.29) is 6.42 Å². The highest BCUT2D eigenvalue weighted by molar-refractivity contribution is 5.95. The third kappa shape index (κ3) is 5.66. The highest BCUT2D eigenvalue weighted by atomic mass is 16.5. The summed E-state index contributed by atoms with van der Waals surface area (Å²) >= 11 is 0. The molecule has 0 spiro atoms. The van der Waals surface area contributed by atoms with Gasteiger partial charge in [-0.2, -0.15) is 0 Å².